The first-order valence-electron chi connectivity index (χ1n) is 9.14. The normalized spacial score (nSPS) is 14.2. The molecule has 1 aromatic carbocycles. The Morgan fingerprint density at radius 2 is 2.00 bits per heavy atom. The minimum absolute atomic E-state index is 0.324. The summed E-state index contributed by atoms with van der Waals surface area (Å²) in [6, 6.07) is 11.1. The fraction of sp³-hybridized carbons (Fsp3) is 0.250. The van der Waals surface area contributed by atoms with E-state index in [0.717, 1.165) is 41.5 Å². The number of fused-ring (bicyclic) bond motifs is 1. The van der Waals surface area contributed by atoms with Crippen molar-refractivity contribution in [3.8, 4) is 11.5 Å². The molecule has 0 saturated carbocycles. The summed E-state index contributed by atoms with van der Waals surface area (Å²) in [7, 11) is 0. The van der Waals surface area contributed by atoms with E-state index in [4.69, 9.17) is 21.0 Å². The van der Waals surface area contributed by atoms with E-state index < -0.39 is 0 Å². The molecule has 5 rings (SSSR count). The van der Waals surface area contributed by atoms with Gasteiger partial charge in [0.05, 0.1) is 12.8 Å². The monoisotopic (exact) mass is 412 g/mol. The highest BCUT2D eigenvalue weighted by atomic mass is 35.5. The van der Waals surface area contributed by atoms with Gasteiger partial charge in [0.25, 0.3) is 0 Å². The van der Waals surface area contributed by atoms with Gasteiger partial charge >= 0.3 is 5.69 Å². The lowest BCUT2D eigenvalue weighted by Crippen LogP contribution is -2.24. The summed E-state index contributed by atoms with van der Waals surface area (Å²) in [6.45, 7) is 2.37. The van der Waals surface area contributed by atoms with Crippen molar-refractivity contribution in [2.75, 3.05) is 18.0 Å². The average molecular weight is 413 g/mol. The zero-order valence-electron chi connectivity index (χ0n) is 15.0. The van der Waals surface area contributed by atoms with Gasteiger partial charge in [0.2, 0.25) is 0 Å². The van der Waals surface area contributed by atoms with Crippen molar-refractivity contribution >= 4 is 38.4 Å². The lowest BCUT2D eigenvalue weighted by atomic mass is 10.2. The quantitative estimate of drug-likeness (QED) is 0.496. The number of hydrogen-bond acceptors (Lipinski definition) is 6. The van der Waals surface area contributed by atoms with Crippen LogP contribution in [0, 0.1) is 0 Å². The standard InChI is InChI=1S/C20H17ClN4O2S/c21-14-6-3-5-13(11-14)12-25-18-17(23-20(28-18)24-8-1-2-9-24)16(22-19(25)26)15-7-4-10-27-15/h3-7,10-11H,1-2,8-9,12H2. The third-order valence-corrected chi connectivity index (χ3v) is 6.24. The Balaban J connectivity index is 1.70. The molecule has 1 fully saturated rings. The van der Waals surface area contributed by atoms with E-state index in [2.05, 4.69) is 9.88 Å². The zero-order valence-corrected chi connectivity index (χ0v) is 16.5. The SMILES string of the molecule is O=c1nc(-c2ccco2)c2nc(N3CCCC3)sc2n1Cc1cccc(Cl)c1. The number of halogens is 1. The van der Waals surface area contributed by atoms with E-state index >= 15 is 0 Å². The number of furan rings is 1. The maximum Gasteiger partial charge on any atom is 0.349 e. The molecule has 1 saturated heterocycles. The molecule has 0 radical (unpaired) electrons. The molecule has 0 amide bonds. The van der Waals surface area contributed by atoms with Crippen LogP contribution < -0.4 is 10.6 Å². The summed E-state index contributed by atoms with van der Waals surface area (Å²) in [5.41, 5.74) is 1.81. The van der Waals surface area contributed by atoms with Crippen molar-refractivity contribution < 1.29 is 4.42 Å². The number of anilines is 1. The first kappa shape index (κ1) is 17.5. The van der Waals surface area contributed by atoms with Gasteiger partial charge in [-0.3, -0.25) is 4.57 Å². The topological polar surface area (TPSA) is 64.2 Å². The summed E-state index contributed by atoms with van der Waals surface area (Å²) in [6.07, 6.45) is 3.90. The average Bonchev–Trinajstić information content (AvgIpc) is 3.45. The molecule has 1 aliphatic rings. The van der Waals surface area contributed by atoms with Gasteiger partial charge in [0, 0.05) is 18.1 Å². The predicted octanol–water partition coefficient (Wildman–Crippen LogP) is 4.41. The Morgan fingerprint density at radius 1 is 1.14 bits per heavy atom. The highest BCUT2D eigenvalue weighted by Crippen LogP contribution is 2.34. The molecule has 142 valence electrons. The number of benzene rings is 1. The Kier molecular flexibility index (Phi) is 4.41. The molecule has 0 atom stereocenters. The number of nitrogens with zero attached hydrogens (tertiary/aromatic N) is 4. The van der Waals surface area contributed by atoms with E-state index in [9.17, 15) is 4.79 Å². The smallest absolute Gasteiger partial charge is 0.349 e. The first-order valence-corrected chi connectivity index (χ1v) is 10.3. The molecule has 0 unspecified atom stereocenters. The third-order valence-electron chi connectivity index (χ3n) is 4.87. The number of rotatable bonds is 4. The highest BCUT2D eigenvalue weighted by molar-refractivity contribution is 7.22. The molecule has 4 heterocycles. The van der Waals surface area contributed by atoms with E-state index in [1.54, 1.807) is 23.0 Å². The number of thiazole rings is 1. The Morgan fingerprint density at radius 3 is 2.75 bits per heavy atom. The van der Waals surface area contributed by atoms with E-state index in [-0.39, 0.29) is 5.69 Å². The number of aromatic nitrogens is 3. The molecule has 0 spiro atoms. The van der Waals surface area contributed by atoms with Crippen molar-refractivity contribution in [2.45, 2.75) is 19.4 Å². The van der Waals surface area contributed by atoms with Crippen molar-refractivity contribution in [1.82, 2.24) is 14.5 Å². The van der Waals surface area contributed by atoms with Gasteiger partial charge < -0.3 is 9.32 Å². The fourth-order valence-corrected chi connectivity index (χ4v) is 4.85. The van der Waals surface area contributed by atoms with Crippen LogP contribution in [-0.2, 0) is 6.54 Å². The summed E-state index contributed by atoms with van der Waals surface area (Å²) in [4.78, 5) is 25.1. The van der Waals surface area contributed by atoms with Crippen LogP contribution in [0.4, 0.5) is 5.13 Å². The third kappa shape index (κ3) is 3.10. The first-order chi connectivity index (χ1) is 13.7. The van der Waals surface area contributed by atoms with Crippen molar-refractivity contribution in [2.24, 2.45) is 0 Å². The van der Waals surface area contributed by atoms with Crippen LogP contribution in [0.2, 0.25) is 5.02 Å². The predicted molar refractivity (Wildman–Crippen MR) is 111 cm³/mol. The zero-order chi connectivity index (χ0) is 19.1. The molecule has 28 heavy (non-hydrogen) atoms. The molecular weight excluding hydrogens is 396 g/mol. The van der Waals surface area contributed by atoms with Gasteiger partial charge in [-0.1, -0.05) is 35.1 Å². The van der Waals surface area contributed by atoms with Crippen molar-refractivity contribution in [1.29, 1.82) is 0 Å². The lowest BCUT2D eigenvalue weighted by molar-refractivity contribution is 0.579. The fourth-order valence-electron chi connectivity index (χ4n) is 3.52. The van der Waals surface area contributed by atoms with Crippen LogP contribution in [0.1, 0.15) is 18.4 Å². The largest absolute Gasteiger partial charge is 0.463 e. The summed E-state index contributed by atoms with van der Waals surface area (Å²) in [5.74, 6) is 0.551. The molecule has 6 nitrogen and oxygen atoms in total. The van der Waals surface area contributed by atoms with Gasteiger partial charge in [-0.15, -0.1) is 0 Å². The Labute approximate surface area is 170 Å². The van der Waals surface area contributed by atoms with Crippen LogP contribution in [0.3, 0.4) is 0 Å². The minimum atomic E-state index is -0.324. The highest BCUT2D eigenvalue weighted by Gasteiger charge is 2.22. The molecule has 4 aromatic rings. The summed E-state index contributed by atoms with van der Waals surface area (Å²) >= 11 is 7.65. The second-order valence-corrected chi connectivity index (χ2v) is 8.17. The van der Waals surface area contributed by atoms with Crippen molar-refractivity contribution in [3.63, 3.8) is 0 Å². The second kappa shape index (κ2) is 7.07. The maximum atomic E-state index is 12.9. The summed E-state index contributed by atoms with van der Waals surface area (Å²) < 4.78 is 7.19. The van der Waals surface area contributed by atoms with Gasteiger partial charge in [-0.25, -0.2) is 9.78 Å². The lowest BCUT2D eigenvalue weighted by Gasteiger charge is -2.11. The number of hydrogen-bond donors (Lipinski definition) is 0. The molecule has 8 heteroatoms. The van der Waals surface area contributed by atoms with E-state index in [0.29, 0.717) is 28.5 Å². The van der Waals surface area contributed by atoms with Crippen molar-refractivity contribution in [3.05, 3.63) is 63.7 Å². The molecule has 0 aliphatic carbocycles. The minimum Gasteiger partial charge on any atom is -0.463 e. The van der Waals surface area contributed by atoms with Crippen LogP contribution in [0.15, 0.2) is 51.9 Å². The Hall–Kier alpha value is -2.64. The van der Waals surface area contributed by atoms with Gasteiger partial charge in [-0.2, -0.15) is 4.98 Å². The van der Waals surface area contributed by atoms with E-state index in [1.807, 2.05) is 24.3 Å². The second-order valence-electron chi connectivity index (χ2n) is 6.78. The van der Waals surface area contributed by atoms with Crippen LogP contribution >= 0.6 is 22.9 Å². The molecule has 0 bridgehead atoms. The van der Waals surface area contributed by atoms with Gasteiger partial charge in [0.1, 0.15) is 16.0 Å². The molecule has 3 aromatic heterocycles. The molecule has 0 N–H and O–H groups in total. The molecule has 1 aliphatic heterocycles. The summed E-state index contributed by atoms with van der Waals surface area (Å²) in [5, 5.41) is 1.57. The van der Waals surface area contributed by atoms with Crippen LogP contribution in [-0.4, -0.2) is 27.6 Å². The van der Waals surface area contributed by atoms with Gasteiger partial charge in [-0.05, 0) is 42.7 Å². The molecular formula is C20H17ClN4O2S. The van der Waals surface area contributed by atoms with Crippen LogP contribution in [0.25, 0.3) is 21.8 Å². The maximum absolute atomic E-state index is 12.9. The van der Waals surface area contributed by atoms with E-state index in [1.165, 1.54) is 11.3 Å². The Bertz CT molecular complexity index is 1190. The van der Waals surface area contributed by atoms with Crippen LogP contribution in [0.5, 0.6) is 0 Å². The van der Waals surface area contributed by atoms with Gasteiger partial charge in [0.15, 0.2) is 10.9 Å².